The predicted octanol–water partition coefficient (Wildman–Crippen LogP) is 4.26. The Hall–Kier alpha value is -3.21. The maximum Gasteiger partial charge on any atom is 0.230 e. The third kappa shape index (κ3) is 5.41. The van der Waals surface area contributed by atoms with Crippen LogP contribution in [0.1, 0.15) is 22.6 Å². The summed E-state index contributed by atoms with van der Waals surface area (Å²) in [5.41, 5.74) is 2.82. The number of hydrogen-bond acceptors (Lipinski definition) is 3. The smallest absolute Gasteiger partial charge is 0.230 e. The molecule has 0 saturated carbocycles. The topological polar surface area (TPSA) is 42.4 Å². The molecule has 2 aromatic carbocycles. The molecule has 1 unspecified atom stereocenters. The Bertz CT molecular complexity index is 929. The van der Waals surface area contributed by atoms with Crippen LogP contribution in [0, 0.1) is 5.82 Å². The van der Waals surface area contributed by atoms with Crippen molar-refractivity contribution in [3.63, 3.8) is 0 Å². The Kier molecular flexibility index (Phi) is 6.95. The number of methoxy groups -OCH3 is 1. The molecule has 0 radical (unpaired) electrons. The van der Waals surface area contributed by atoms with E-state index in [1.807, 2.05) is 36.4 Å². The van der Waals surface area contributed by atoms with Crippen LogP contribution in [0.25, 0.3) is 0 Å². The molecule has 3 aromatic rings. The van der Waals surface area contributed by atoms with Crippen LogP contribution in [-0.2, 0) is 17.6 Å². The fourth-order valence-electron chi connectivity index (χ4n) is 3.37. The Morgan fingerprint density at radius 2 is 1.86 bits per heavy atom. The number of rotatable bonds is 8. The van der Waals surface area contributed by atoms with E-state index in [4.69, 9.17) is 4.74 Å². The first kappa shape index (κ1) is 20.5. The predicted molar refractivity (Wildman–Crippen MR) is 111 cm³/mol. The lowest BCUT2D eigenvalue weighted by atomic mass is 9.91. The fourth-order valence-corrected chi connectivity index (χ4v) is 3.37. The molecule has 0 spiro atoms. The molecule has 0 aliphatic heterocycles. The summed E-state index contributed by atoms with van der Waals surface area (Å²) in [7, 11) is 3.45. The highest BCUT2D eigenvalue weighted by atomic mass is 19.1. The first-order valence-electron chi connectivity index (χ1n) is 9.59. The number of carbonyl (C=O) groups excluding carboxylic acids is 1. The number of benzene rings is 2. The van der Waals surface area contributed by atoms with Crippen LogP contribution in [0.3, 0.4) is 0 Å². The van der Waals surface area contributed by atoms with Crippen LogP contribution in [0.5, 0.6) is 5.75 Å². The van der Waals surface area contributed by atoms with Crippen LogP contribution in [-0.4, -0.2) is 36.5 Å². The van der Waals surface area contributed by atoms with E-state index in [9.17, 15) is 9.18 Å². The van der Waals surface area contributed by atoms with E-state index in [2.05, 4.69) is 4.98 Å². The number of halogens is 1. The monoisotopic (exact) mass is 392 g/mol. The number of likely N-dealkylation sites (N-methyl/N-ethyl adjacent to an activating group) is 1. The Morgan fingerprint density at radius 1 is 1.10 bits per heavy atom. The average molecular weight is 392 g/mol. The van der Waals surface area contributed by atoms with Gasteiger partial charge in [-0.05, 0) is 53.8 Å². The molecule has 0 bridgehead atoms. The molecule has 1 aromatic heterocycles. The van der Waals surface area contributed by atoms with Crippen LogP contribution >= 0.6 is 0 Å². The van der Waals surface area contributed by atoms with Gasteiger partial charge in [-0.1, -0.05) is 36.4 Å². The van der Waals surface area contributed by atoms with Gasteiger partial charge in [-0.25, -0.2) is 4.39 Å². The lowest BCUT2D eigenvalue weighted by molar-refractivity contribution is -0.131. The second-order valence-electron chi connectivity index (χ2n) is 6.99. The average Bonchev–Trinajstić information content (AvgIpc) is 2.77. The van der Waals surface area contributed by atoms with E-state index in [0.717, 1.165) is 22.4 Å². The minimum Gasteiger partial charge on any atom is -0.496 e. The van der Waals surface area contributed by atoms with Gasteiger partial charge in [-0.15, -0.1) is 0 Å². The summed E-state index contributed by atoms with van der Waals surface area (Å²) in [5.74, 6) is 0.0995. The minimum atomic E-state index is -0.400. The highest BCUT2D eigenvalue weighted by Gasteiger charge is 2.24. The number of ether oxygens (including phenoxy) is 1. The van der Waals surface area contributed by atoms with Crippen LogP contribution in [0.2, 0.25) is 0 Å². The molecule has 0 saturated heterocycles. The van der Waals surface area contributed by atoms with Crippen LogP contribution < -0.4 is 4.74 Å². The quantitative estimate of drug-likeness (QED) is 0.575. The summed E-state index contributed by atoms with van der Waals surface area (Å²) in [6, 6.07) is 17.8. The molecule has 1 heterocycles. The first-order valence-corrected chi connectivity index (χ1v) is 9.59. The largest absolute Gasteiger partial charge is 0.496 e. The zero-order valence-electron chi connectivity index (χ0n) is 16.7. The van der Waals surface area contributed by atoms with Gasteiger partial charge in [0.15, 0.2) is 0 Å². The Morgan fingerprint density at radius 3 is 2.55 bits per heavy atom. The number of para-hydroxylation sites is 1. The van der Waals surface area contributed by atoms with Crippen molar-refractivity contribution in [2.75, 3.05) is 20.7 Å². The van der Waals surface area contributed by atoms with Crippen molar-refractivity contribution in [1.29, 1.82) is 0 Å². The van der Waals surface area contributed by atoms with E-state index in [0.29, 0.717) is 19.4 Å². The van der Waals surface area contributed by atoms with Gasteiger partial charge in [0, 0.05) is 26.0 Å². The van der Waals surface area contributed by atoms with Crippen molar-refractivity contribution in [1.82, 2.24) is 9.88 Å². The third-order valence-corrected chi connectivity index (χ3v) is 5.02. The SMILES string of the molecule is COc1ccccc1CCN(C)C(=O)C(Cc1cccnc1)c1ccc(F)cc1. The number of aromatic nitrogens is 1. The van der Waals surface area contributed by atoms with E-state index < -0.39 is 5.92 Å². The molecule has 1 atom stereocenters. The number of amides is 1. The van der Waals surface area contributed by atoms with Gasteiger partial charge in [-0.3, -0.25) is 9.78 Å². The number of pyridine rings is 1. The maximum atomic E-state index is 13.4. The van der Waals surface area contributed by atoms with E-state index in [1.165, 1.54) is 12.1 Å². The first-order chi connectivity index (χ1) is 14.1. The van der Waals surface area contributed by atoms with Gasteiger partial charge in [-0.2, -0.15) is 0 Å². The van der Waals surface area contributed by atoms with E-state index in [-0.39, 0.29) is 11.7 Å². The summed E-state index contributed by atoms with van der Waals surface area (Å²) in [6.07, 6.45) is 4.67. The fraction of sp³-hybridized carbons (Fsp3) is 0.250. The normalized spacial score (nSPS) is 11.7. The van der Waals surface area contributed by atoms with Crippen molar-refractivity contribution in [3.8, 4) is 5.75 Å². The van der Waals surface area contributed by atoms with Crippen molar-refractivity contribution < 1.29 is 13.9 Å². The number of carbonyl (C=O) groups is 1. The third-order valence-electron chi connectivity index (χ3n) is 5.02. The summed E-state index contributed by atoms with van der Waals surface area (Å²) in [6.45, 7) is 0.559. The van der Waals surface area contributed by atoms with Gasteiger partial charge < -0.3 is 9.64 Å². The zero-order chi connectivity index (χ0) is 20.6. The molecular formula is C24H25FN2O2. The molecule has 5 heteroatoms. The highest BCUT2D eigenvalue weighted by Crippen LogP contribution is 2.24. The van der Waals surface area contributed by atoms with Crippen molar-refractivity contribution in [2.24, 2.45) is 0 Å². The molecule has 150 valence electrons. The summed E-state index contributed by atoms with van der Waals surface area (Å²) in [5, 5.41) is 0. The van der Waals surface area contributed by atoms with Gasteiger partial charge in [0.2, 0.25) is 5.91 Å². The summed E-state index contributed by atoms with van der Waals surface area (Å²) >= 11 is 0. The van der Waals surface area contributed by atoms with Gasteiger partial charge in [0.05, 0.1) is 13.0 Å². The molecule has 0 N–H and O–H groups in total. The van der Waals surface area contributed by atoms with E-state index >= 15 is 0 Å². The van der Waals surface area contributed by atoms with Crippen molar-refractivity contribution in [2.45, 2.75) is 18.8 Å². The number of nitrogens with zero attached hydrogens (tertiary/aromatic N) is 2. The zero-order valence-corrected chi connectivity index (χ0v) is 16.7. The second kappa shape index (κ2) is 9.82. The lowest BCUT2D eigenvalue weighted by Crippen LogP contribution is -2.34. The lowest BCUT2D eigenvalue weighted by Gasteiger charge is -2.25. The molecule has 29 heavy (non-hydrogen) atoms. The van der Waals surface area contributed by atoms with Gasteiger partial charge in [0.1, 0.15) is 11.6 Å². The van der Waals surface area contributed by atoms with Gasteiger partial charge in [0.25, 0.3) is 0 Å². The highest BCUT2D eigenvalue weighted by molar-refractivity contribution is 5.84. The van der Waals surface area contributed by atoms with Crippen molar-refractivity contribution >= 4 is 5.91 Å². The molecular weight excluding hydrogens is 367 g/mol. The Labute approximate surface area is 171 Å². The molecule has 1 amide bonds. The molecule has 0 fully saturated rings. The molecule has 4 nitrogen and oxygen atoms in total. The second-order valence-corrected chi connectivity index (χ2v) is 6.99. The van der Waals surface area contributed by atoms with Gasteiger partial charge >= 0.3 is 0 Å². The van der Waals surface area contributed by atoms with Crippen LogP contribution in [0.4, 0.5) is 4.39 Å². The standard InChI is InChI=1S/C24H25FN2O2/c1-27(15-13-20-7-3-4-8-23(20)29-2)24(28)22(16-18-6-5-14-26-17-18)19-9-11-21(25)12-10-19/h3-12,14,17,22H,13,15-16H2,1-2H3. The van der Waals surface area contributed by atoms with Crippen LogP contribution in [0.15, 0.2) is 73.1 Å². The molecule has 0 aliphatic carbocycles. The Balaban J connectivity index is 1.76. The molecule has 3 rings (SSSR count). The summed E-state index contributed by atoms with van der Waals surface area (Å²) < 4.78 is 18.8. The minimum absolute atomic E-state index is 0.00430. The van der Waals surface area contributed by atoms with E-state index in [1.54, 1.807) is 43.6 Å². The summed E-state index contributed by atoms with van der Waals surface area (Å²) in [4.78, 5) is 19.2. The maximum absolute atomic E-state index is 13.4. The van der Waals surface area contributed by atoms with Crippen molar-refractivity contribution in [3.05, 3.63) is 95.6 Å². The molecule has 0 aliphatic rings. The number of hydrogen-bond donors (Lipinski definition) is 0.